The quantitative estimate of drug-likeness (QED) is 0.681. The van der Waals surface area contributed by atoms with E-state index in [-0.39, 0.29) is 18.9 Å². The van der Waals surface area contributed by atoms with E-state index < -0.39 is 6.09 Å². The van der Waals surface area contributed by atoms with E-state index in [2.05, 4.69) is 36.0 Å². The van der Waals surface area contributed by atoms with Gasteiger partial charge in [0.2, 0.25) is 0 Å². The number of carbonyl (C=O) groups excluding carboxylic acids is 1. The molecule has 1 aromatic heterocycles. The highest BCUT2D eigenvalue weighted by Gasteiger charge is 2.09. The molecule has 0 radical (unpaired) electrons. The summed E-state index contributed by atoms with van der Waals surface area (Å²) in [4.78, 5) is 27.6. The van der Waals surface area contributed by atoms with Gasteiger partial charge in [-0.15, -0.1) is 0 Å². The number of ether oxygens (including phenoxy) is 1. The van der Waals surface area contributed by atoms with Gasteiger partial charge in [-0.3, -0.25) is 5.32 Å². The molecule has 0 unspecified atom stereocenters. The summed E-state index contributed by atoms with van der Waals surface area (Å²) in [5.74, 6) is 0. The third-order valence-electron chi connectivity index (χ3n) is 2.16. The van der Waals surface area contributed by atoms with Crippen molar-refractivity contribution in [3.63, 3.8) is 0 Å². The summed E-state index contributed by atoms with van der Waals surface area (Å²) in [5, 5.41) is 11.0. The first-order valence-electron chi connectivity index (χ1n) is 5.06. The van der Waals surface area contributed by atoms with Crippen LogP contribution in [0.3, 0.4) is 0 Å². The molecule has 96 valence electrons. The van der Waals surface area contributed by atoms with E-state index in [4.69, 9.17) is 5.11 Å². The monoisotopic (exact) mass is 315 g/mol. The molecule has 0 saturated heterocycles. The number of aromatic nitrogens is 2. The normalized spacial score (nSPS) is 10.6. The molecule has 0 aliphatic carbocycles. The third-order valence-corrected chi connectivity index (χ3v) is 2.82. The molecule has 0 spiro atoms. The second-order valence-electron chi connectivity index (χ2n) is 3.44. The Morgan fingerprint density at radius 2 is 2.06 bits per heavy atom. The van der Waals surface area contributed by atoms with Crippen molar-refractivity contribution in [2.24, 2.45) is 0 Å². The summed E-state index contributed by atoms with van der Waals surface area (Å²) in [6.45, 7) is -0.314. The summed E-state index contributed by atoms with van der Waals surface area (Å²) in [6.07, 6.45) is -0.679. The fourth-order valence-corrected chi connectivity index (χ4v) is 1.88. The molecule has 7 nitrogen and oxygen atoms in total. The number of imidazole rings is 1. The molecule has 0 fully saturated rings. The summed E-state index contributed by atoms with van der Waals surface area (Å²) >= 11 is 3.27. The first-order chi connectivity index (χ1) is 8.60. The minimum Gasteiger partial charge on any atom is -0.447 e. The standard InChI is InChI=1S/C10H10BrN3O4/c11-5-3-7-8(13-9(16)12-7)4-6(5)14-10(17)18-2-1-15/h3-4,15H,1-2H2,(H,14,17)(H2,12,13,16). The number of hydrogen-bond acceptors (Lipinski definition) is 4. The van der Waals surface area contributed by atoms with Crippen LogP contribution in [0.2, 0.25) is 0 Å². The number of anilines is 1. The van der Waals surface area contributed by atoms with Crippen LogP contribution in [0.4, 0.5) is 10.5 Å². The Balaban J connectivity index is 2.24. The minimum atomic E-state index is -0.679. The van der Waals surface area contributed by atoms with Crippen molar-refractivity contribution in [3.8, 4) is 0 Å². The van der Waals surface area contributed by atoms with Crippen molar-refractivity contribution in [1.82, 2.24) is 9.97 Å². The van der Waals surface area contributed by atoms with Gasteiger partial charge >= 0.3 is 11.8 Å². The first kappa shape index (κ1) is 12.7. The van der Waals surface area contributed by atoms with Gasteiger partial charge in [-0.05, 0) is 28.1 Å². The molecule has 2 rings (SSSR count). The Kier molecular flexibility index (Phi) is 3.68. The lowest BCUT2D eigenvalue weighted by atomic mass is 10.3. The van der Waals surface area contributed by atoms with E-state index in [1.165, 1.54) is 0 Å². The van der Waals surface area contributed by atoms with E-state index >= 15 is 0 Å². The number of aromatic amines is 2. The van der Waals surface area contributed by atoms with Crippen molar-refractivity contribution in [1.29, 1.82) is 0 Å². The van der Waals surface area contributed by atoms with Crippen molar-refractivity contribution in [2.45, 2.75) is 0 Å². The number of H-pyrrole nitrogens is 2. The average Bonchev–Trinajstić information content (AvgIpc) is 2.66. The zero-order valence-electron chi connectivity index (χ0n) is 9.12. The molecule has 0 bridgehead atoms. The Labute approximate surface area is 109 Å². The summed E-state index contributed by atoms with van der Waals surface area (Å²) < 4.78 is 5.27. The van der Waals surface area contributed by atoms with Crippen LogP contribution < -0.4 is 11.0 Å². The van der Waals surface area contributed by atoms with Crippen LogP contribution in [-0.4, -0.2) is 34.4 Å². The number of carbonyl (C=O) groups is 1. The Bertz CT molecular complexity index is 634. The van der Waals surface area contributed by atoms with Crippen molar-refractivity contribution >= 4 is 38.7 Å². The molecule has 18 heavy (non-hydrogen) atoms. The van der Waals surface area contributed by atoms with Crippen molar-refractivity contribution in [2.75, 3.05) is 18.5 Å². The molecule has 0 saturated carbocycles. The van der Waals surface area contributed by atoms with Crippen LogP contribution in [-0.2, 0) is 4.74 Å². The highest BCUT2D eigenvalue weighted by Crippen LogP contribution is 2.26. The molecule has 0 aliphatic rings. The Morgan fingerprint density at radius 3 is 2.72 bits per heavy atom. The van der Waals surface area contributed by atoms with Crippen LogP contribution in [0.15, 0.2) is 21.4 Å². The topological polar surface area (TPSA) is 107 Å². The van der Waals surface area contributed by atoms with Crippen molar-refractivity contribution in [3.05, 3.63) is 27.1 Å². The van der Waals surface area contributed by atoms with Crippen LogP contribution in [0.1, 0.15) is 0 Å². The highest BCUT2D eigenvalue weighted by molar-refractivity contribution is 9.10. The zero-order valence-corrected chi connectivity index (χ0v) is 10.7. The molecular formula is C10H10BrN3O4. The smallest absolute Gasteiger partial charge is 0.411 e. The van der Waals surface area contributed by atoms with E-state index in [1.54, 1.807) is 12.1 Å². The Hall–Kier alpha value is -1.80. The fraction of sp³-hybridized carbons (Fsp3) is 0.200. The van der Waals surface area contributed by atoms with Gasteiger partial charge in [-0.1, -0.05) is 0 Å². The largest absolute Gasteiger partial charge is 0.447 e. The van der Waals surface area contributed by atoms with Gasteiger partial charge in [-0.2, -0.15) is 0 Å². The van der Waals surface area contributed by atoms with E-state index in [1.807, 2.05) is 0 Å². The molecular weight excluding hydrogens is 306 g/mol. The third kappa shape index (κ3) is 2.71. The lowest BCUT2D eigenvalue weighted by Crippen LogP contribution is -2.16. The number of aliphatic hydroxyl groups excluding tert-OH is 1. The molecule has 1 amide bonds. The highest BCUT2D eigenvalue weighted by atomic mass is 79.9. The van der Waals surface area contributed by atoms with Crippen LogP contribution in [0.5, 0.6) is 0 Å². The number of nitrogens with one attached hydrogen (secondary N) is 3. The maximum Gasteiger partial charge on any atom is 0.411 e. The van der Waals surface area contributed by atoms with Crippen LogP contribution >= 0.6 is 15.9 Å². The summed E-state index contributed by atoms with van der Waals surface area (Å²) in [6, 6.07) is 3.26. The first-order valence-corrected chi connectivity index (χ1v) is 5.85. The zero-order chi connectivity index (χ0) is 13.1. The second-order valence-corrected chi connectivity index (χ2v) is 4.30. The SMILES string of the molecule is O=C(Nc1cc2[nH]c(=O)[nH]c2cc1Br)OCCO. The number of rotatable bonds is 3. The van der Waals surface area contributed by atoms with Gasteiger partial charge in [0.05, 0.1) is 23.3 Å². The number of amides is 1. The van der Waals surface area contributed by atoms with Gasteiger partial charge in [0.1, 0.15) is 6.61 Å². The molecule has 2 aromatic rings. The molecule has 0 aliphatic heterocycles. The molecule has 1 heterocycles. The van der Waals surface area contributed by atoms with E-state index in [9.17, 15) is 9.59 Å². The van der Waals surface area contributed by atoms with Gasteiger partial charge in [0.15, 0.2) is 0 Å². The number of hydrogen-bond donors (Lipinski definition) is 4. The summed E-state index contributed by atoms with van der Waals surface area (Å²) in [5.41, 5.74) is 1.33. The lowest BCUT2D eigenvalue weighted by Gasteiger charge is -2.07. The van der Waals surface area contributed by atoms with Crippen LogP contribution in [0.25, 0.3) is 11.0 Å². The molecule has 1 aromatic carbocycles. The minimum absolute atomic E-state index is 0.0767. The maximum absolute atomic E-state index is 11.3. The lowest BCUT2D eigenvalue weighted by molar-refractivity contribution is 0.131. The predicted molar refractivity (Wildman–Crippen MR) is 68.7 cm³/mol. The van der Waals surface area contributed by atoms with Crippen LogP contribution in [0, 0.1) is 0 Å². The molecule has 4 N–H and O–H groups in total. The predicted octanol–water partition coefficient (Wildman–Crippen LogP) is 1.16. The number of aliphatic hydroxyl groups is 1. The Morgan fingerprint density at radius 1 is 1.39 bits per heavy atom. The fourth-order valence-electron chi connectivity index (χ4n) is 1.44. The summed E-state index contributed by atoms with van der Waals surface area (Å²) in [7, 11) is 0. The molecule has 0 atom stereocenters. The number of benzene rings is 1. The average molecular weight is 316 g/mol. The number of halogens is 1. The van der Waals surface area contributed by atoms with Gasteiger partial charge in [0, 0.05) is 4.47 Å². The van der Waals surface area contributed by atoms with Gasteiger partial charge in [-0.25, -0.2) is 9.59 Å². The second kappa shape index (κ2) is 5.23. The maximum atomic E-state index is 11.3. The number of fused-ring (bicyclic) bond motifs is 1. The van der Waals surface area contributed by atoms with Crippen molar-refractivity contribution < 1.29 is 14.6 Å². The van der Waals surface area contributed by atoms with Gasteiger partial charge < -0.3 is 19.8 Å². The van der Waals surface area contributed by atoms with Gasteiger partial charge in [0.25, 0.3) is 0 Å². The van der Waals surface area contributed by atoms with E-state index in [0.717, 1.165) is 0 Å². The molecule has 8 heteroatoms. The van der Waals surface area contributed by atoms with E-state index in [0.29, 0.717) is 21.2 Å².